The molecule has 0 aliphatic carbocycles. The maximum absolute atomic E-state index is 11.8. The van der Waals surface area contributed by atoms with E-state index in [1.165, 1.54) is 29.3 Å². The Bertz CT molecular complexity index is 878. The summed E-state index contributed by atoms with van der Waals surface area (Å²) < 4.78 is 0. The molecule has 0 aliphatic heterocycles. The highest BCUT2D eigenvalue weighted by molar-refractivity contribution is 6.31. The van der Waals surface area contributed by atoms with Crippen molar-refractivity contribution in [3.63, 3.8) is 0 Å². The van der Waals surface area contributed by atoms with Crippen LogP contribution in [0.3, 0.4) is 0 Å². The van der Waals surface area contributed by atoms with E-state index in [1.807, 2.05) is 26.0 Å². The van der Waals surface area contributed by atoms with E-state index in [2.05, 4.69) is 24.4 Å². The molecule has 2 aromatic carbocycles. The number of nitrogens with two attached hydrogens (primary N) is 1. The molecular formula is C25H35ClN2O4. The smallest absolute Gasteiger partial charge is 0.303 e. The van der Waals surface area contributed by atoms with Gasteiger partial charge >= 0.3 is 5.97 Å². The van der Waals surface area contributed by atoms with Crippen LogP contribution in [0.4, 0.5) is 0 Å². The highest BCUT2D eigenvalue weighted by Gasteiger charge is 2.15. The number of carbonyl (C=O) groups excluding carboxylic acids is 1. The lowest BCUT2D eigenvalue weighted by atomic mass is 9.92. The number of benzene rings is 2. The molecule has 176 valence electrons. The Kier molecular flexibility index (Phi) is 11.8. The lowest BCUT2D eigenvalue weighted by molar-refractivity contribution is -0.137. The van der Waals surface area contributed by atoms with Gasteiger partial charge in [-0.1, -0.05) is 55.1 Å². The van der Waals surface area contributed by atoms with Crippen molar-refractivity contribution in [2.45, 2.75) is 64.8 Å². The van der Waals surface area contributed by atoms with E-state index >= 15 is 0 Å². The van der Waals surface area contributed by atoms with Gasteiger partial charge in [-0.3, -0.25) is 9.59 Å². The molecule has 0 atom stereocenters. The van der Waals surface area contributed by atoms with Gasteiger partial charge in [0, 0.05) is 23.5 Å². The standard InChI is InChI=1S/C15H20ClNO4.C10H15N/c16-11-7-8-13(18)12(10-11)15(21)17-9-5-3-1-2-4-6-14(19)20;1-8-6-4-5-7-9(8)10(2,3)11/h7-8,10,18H,1-6,9H2,(H,17,21)(H,19,20);4-7H,11H2,1-3H3. The molecule has 6 nitrogen and oxygen atoms in total. The Morgan fingerprint density at radius 3 is 2.25 bits per heavy atom. The molecule has 0 spiro atoms. The average molecular weight is 463 g/mol. The van der Waals surface area contributed by atoms with Gasteiger partial charge < -0.3 is 21.3 Å². The number of rotatable bonds is 10. The third-order valence-corrected chi connectivity index (χ3v) is 5.13. The van der Waals surface area contributed by atoms with E-state index in [1.54, 1.807) is 0 Å². The van der Waals surface area contributed by atoms with Crippen molar-refractivity contribution in [3.05, 3.63) is 64.2 Å². The average Bonchev–Trinajstić information content (AvgIpc) is 2.71. The van der Waals surface area contributed by atoms with Gasteiger partial charge in [-0.15, -0.1) is 0 Å². The first-order chi connectivity index (χ1) is 15.0. The molecule has 32 heavy (non-hydrogen) atoms. The third-order valence-electron chi connectivity index (χ3n) is 4.90. The van der Waals surface area contributed by atoms with Gasteiger partial charge in [-0.25, -0.2) is 0 Å². The van der Waals surface area contributed by atoms with Crippen molar-refractivity contribution >= 4 is 23.5 Å². The monoisotopic (exact) mass is 462 g/mol. The third kappa shape index (κ3) is 10.6. The van der Waals surface area contributed by atoms with Crippen molar-refractivity contribution in [2.24, 2.45) is 5.73 Å². The second-order valence-electron chi connectivity index (χ2n) is 8.37. The molecule has 0 aliphatic rings. The van der Waals surface area contributed by atoms with Crippen LogP contribution in [-0.4, -0.2) is 28.6 Å². The van der Waals surface area contributed by atoms with Crippen molar-refractivity contribution in [1.29, 1.82) is 0 Å². The first kappa shape index (κ1) is 27.5. The van der Waals surface area contributed by atoms with E-state index in [9.17, 15) is 14.7 Å². The minimum absolute atomic E-state index is 0.0921. The molecule has 0 fully saturated rings. The fourth-order valence-electron chi connectivity index (χ4n) is 3.21. The molecule has 7 heteroatoms. The number of carboxylic acids is 1. The van der Waals surface area contributed by atoms with E-state index < -0.39 is 5.97 Å². The van der Waals surface area contributed by atoms with Crippen molar-refractivity contribution < 1.29 is 19.8 Å². The molecule has 0 saturated heterocycles. The number of aromatic hydroxyl groups is 1. The molecule has 0 unspecified atom stereocenters. The van der Waals surface area contributed by atoms with Crippen LogP contribution in [0.2, 0.25) is 5.02 Å². The lowest BCUT2D eigenvalue weighted by Crippen LogP contribution is -2.29. The van der Waals surface area contributed by atoms with E-state index in [0.717, 1.165) is 25.7 Å². The zero-order chi connectivity index (χ0) is 24.1. The highest BCUT2D eigenvalue weighted by atomic mass is 35.5. The number of nitrogens with one attached hydrogen (secondary N) is 1. The zero-order valence-corrected chi connectivity index (χ0v) is 19.9. The number of aryl methyl sites for hydroxylation is 1. The fourth-order valence-corrected chi connectivity index (χ4v) is 3.39. The molecule has 5 N–H and O–H groups in total. The molecule has 2 aromatic rings. The van der Waals surface area contributed by atoms with Crippen molar-refractivity contribution in [1.82, 2.24) is 5.32 Å². The predicted octanol–water partition coefficient (Wildman–Crippen LogP) is 5.39. The lowest BCUT2D eigenvalue weighted by Gasteiger charge is -2.21. The topological polar surface area (TPSA) is 113 Å². The first-order valence-electron chi connectivity index (χ1n) is 10.9. The number of carboxylic acid groups (broad SMARTS) is 1. The highest BCUT2D eigenvalue weighted by Crippen LogP contribution is 2.21. The normalized spacial score (nSPS) is 10.8. The molecular weight excluding hydrogens is 428 g/mol. The molecule has 1 amide bonds. The number of unbranched alkanes of at least 4 members (excludes halogenated alkanes) is 4. The molecule has 0 radical (unpaired) electrons. The minimum atomic E-state index is -0.761. The van der Waals surface area contributed by atoms with Crippen LogP contribution >= 0.6 is 11.6 Å². The molecule has 0 aromatic heterocycles. The van der Waals surface area contributed by atoms with Crippen LogP contribution in [0, 0.1) is 6.92 Å². The molecule has 0 heterocycles. The summed E-state index contributed by atoms with van der Waals surface area (Å²) in [6.45, 7) is 6.65. The number of phenols is 1. The number of amides is 1. The van der Waals surface area contributed by atoms with Gasteiger partial charge in [0.15, 0.2) is 0 Å². The van der Waals surface area contributed by atoms with E-state index in [-0.39, 0.29) is 29.2 Å². The van der Waals surface area contributed by atoms with Gasteiger partial charge in [0.25, 0.3) is 5.91 Å². The number of phenolic OH excluding ortho intramolecular Hbond substituents is 1. The summed E-state index contributed by atoms with van der Waals surface area (Å²) in [6.07, 6.45) is 4.49. The van der Waals surface area contributed by atoms with Gasteiger partial charge in [0.05, 0.1) is 5.56 Å². The maximum atomic E-state index is 11.8. The Balaban J connectivity index is 0.000000389. The predicted molar refractivity (Wildman–Crippen MR) is 129 cm³/mol. The minimum Gasteiger partial charge on any atom is -0.507 e. The SMILES string of the molecule is Cc1ccccc1C(C)(C)N.O=C(O)CCCCCCCNC(=O)c1cc(Cl)ccc1O. The van der Waals surface area contributed by atoms with Crippen LogP contribution in [-0.2, 0) is 10.3 Å². The second kappa shape index (κ2) is 13.8. The first-order valence-corrected chi connectivity index (χ1v) is 11.2. The summed E-state index contributed by atoms with van der Waals surface area (Å²) in [4.78, 5) is 22.2. The molecule has 0 saturated carbocycles. The van der Waals surface area contributed by atoms with Gasteiger partial charge in [0.1, 0.15) is 5.75 Å². The van der Waals surface area contributed by atoms with E-state index in [4.69, 9.17) is 22.4 Å². The van der Waals surface area contributed by atoms with Gasteiger partial charge in [-0.2, -0.15) is 0 Å². The largest absolute Gasteiger partial charge is 0.507 e. The van der Waals surface area contributed by atoms with Crippen LogP contribution in [0.5, 0.6) is 5.75 Å². The second-order valence-corrected chi connectivity index (χ2v) is 8.80. The summed E-state index contributed by atoms with van der Waals surface area (Å²) in [5.41, 5.74) is 8.40. The van der Waals surface area contributed by atoms with Crippen molar-refractivity contribution in [2.75, 3.05) is 6.54 Å². The quantitative estimate of drug-likeness (QED) is 0.353. The summed E-state index contributed by atoms with van der Waals surface area (Å²) in [5, 5.41) is 21.2. The fraction of sp³-hybridized carbons (Fsp3) is 0.440. The molecule has 0 bridgehead atoms. The Morgan fingerprint density at radius 2 is 1.66 bits per heavy atom. The van der Waals surface area contributed by atoms with Gasteiger partial charge in [0.2, 0.25) is 0 Å². The van der Waals surface area contributed by atoms with Crippen LogP contribution in [0.25, 0.3) is 0 Å². The van der Waals surface area contributed by atoms with Crippen LogP contribution < -0.4 is 11.1 Å². The number of aliphatic carboxylic acids is 1. The van der Waals surface area contributed by atoms with E-state index in [0.29, 0.717) is 18.0 Å². The Labute approximate surface area is 195 Å². The molecule has 2 rings (SSSR count). The summed E-state index contributed by atoms with van der Waals surface area (Å²) in [5.74, 6) is -1.20. The summed E-state index contributed by atoms with van der Waals surface area (Å²) >= 11 is 5.78. The Hall–Kier alpha value is -2.57. The van der Waals surface area contributed by atoms with Crippen molar-refractivity contribution in [3.8, 4) is 5.75 Å². The van der Waals surface area contributed by atoms with Crippen LogP contribution in [0.15, 0.2) is 42.5 Å². The summed E-state index contributed by atoms with van der Waals surface area (Å²) in [7, 11) is 0. The van der Waals surface area contributed by atoms with Crippen LogP contribution in [0.1, 0.15) is 73.9 Å². The number of carbonyl (C=O) groups is 2. The number of hydrogen-bond donors (Lipinski definition) is 4. The Morgan fingerprint density at radius 1 is 1.03 bits per heavy atom. The summed E-state index contributed by atoms with van der Waals surface area (Å²) in [6, 6.07) is 12.6. The number of halogens is 1. The number of hydrogen-bond acceptors (Lipinski definition) is 4. The van der Waals surface area contributed by atoms with Gasteiger partial charge in [-0.05, 0) is 62.9 Å². The zero-order valence-electron chi connectivity index (χ0n) is 19.2. The maximum Gasteiger partial charge on any atom is 0.303 e.